The smallest absolute Gasteiger partial charge is 0.408 e. The van der Waals surface area contributed by atoms with Crippen molar-refractivity contribution in [2.45, 2.75) is 116 Å². The third-order valence-electron chi connectivity index (χ3n) is 8.34. The summed E-state index contributed by atoms with van der Waals surface area (Å²) in [7, 11) is 0. The van der Waals surface area contributed by atoms with E-state index in [9.17, 15) is 19.5 Å². The second-order valence-electron chi connectivity index (χ2n) is 13.9. The quantitative estimate of drug-likeness (QED) is 0.384. The number of thiazole rings is 1. The minimum atomic E-state index is -0.941. The van der Waals surface area contributed by atoms with Gasteiger partial charge in [-0.1, -0.05) is 45.0 Å². The van der Waals surface area contributed by atoms with Crippen molar-refractivity contribution >= 4 is 29.1 Å². The molecule has 3 N–H and O–H groups in total. The van der Waals surface area contributed by atoms with E-state index in [0.29, 0.717) is 12.8 Å². The number of nitrogens with one attached hydrogen (secondary N) is 2. The average molecular weight is 599 g/mol. The molecule has 4 rings (SSSR count). The van der Waals surface area contributed by atoms with Crippen LogP contribution in [0.2, 0.25) is 0 Å². The van der Waals surface area contributed by atoms with Gasteiger partial charge in [-0.15, -0.1) is 11.3 Å². The standard InChI is InChI=1S/C32H46N4O5S/c1-19(21-10-12-22(13-11-21)25-20(2)33-18-42-25)34-28(39)24-16-23(37)17-36(24)32(14-9-15-32)27(38)26(30(3,4)5)35-29(40)41-31(6,7)8/h10-13,18-19,23-24,26,37H,9,14-17H2,1-8H3,(H,34,39)(H,35,40)/t19-,23+,24-,26+/m0/s1. The van der Waals surface area contributed by atoms with E-state index in [2.05, 4.69) is 15.6 Å². The van der Waals surface area contributed by atoms with Crippen LogP contribution in [-0.4, -0.2) is 68.6 Å². The number of likely N-dealkylation sites (tertiary alicyclic amines) is 1. The number of Topliss-reactive ketones (excluding diaryl/α,β-unsaturated/α-hetero) is 1. The van der Waals surface area contributed by atoms with Crippen LogP contribution >= 0.6 is 11.3 Å². The Hall–Kier alpha value is -2.82. The summed E-state index contributed by atoms with van der Waals surface area (Å²) in [6, 6.07) is 6.34. The fourth-order valence-electron chi connectivity index (χ4n) is 5.99. The number of hydrogen-bond acceptors (Lipinski definition) is 8. The van der Waals surface area contributed by atoms with Crippen molar-refractivity contribution in [3.63, 3.8) is 0 Å². The van der Waals surface area contributed by atoms with Crippen LogP contribution in [0.3, 0.4) is 0 Å². The van der Waals surface area contributed by atoms with Crippen LogP contribution in [0.1, 0.15) is 91.4 Å². The van der Waals surface area contributed by atoms with Crippen LogP contribution in [0.15, 0.2) is 29.8 Å². The molecule has 0 unspecified atom stereocenters. The summed E-state index contributed by atoms with van der Waals surface area (Å²) in [5.74, 6) is -0.353. The average Bonchev–Trinajstić information content (AvgIpc) is 3.45. The molecule has 0 bridgehead atoms. The molecule has 1 aromatic carbocycles. The van der Waals surface area contributed by atoms with Crippen LogP contribution in [0, 0.1) is 12.3 Å². The van der Waals surface area contributed by atoms with Crippen molar-refractivity contribution < 1.29 is 24.2 Å². The van der Waals surface area contributed by atoms with Gasteiger partial charge in [-0.2, -0.15) is 0 Å². The number of hydrogen-bond donors (Lipinski definition) is 3. The van der Waals surface area contributed by atoms with Crippen molar-refractivity contribution in [2.75, 3.05) is 6.54 Å². The van der Waals surface area contributed by atoms with Crippen molar-refractivity contribution in [2.24, 2.45) is 5.41 Å². The molecule has 1 saturated heterocycles. The molecule has 230 valence electrons. The minimum Gasteiger partial charge on any atom is -0.444 e. The lowest BCUT2D eigenvalue weighted by molar-refractivity contribution is -0.147. The van der Waals surface area contributed by atoms with Crippen molar-refractivity contribution in [3.05, 3.63) is 41.0 Å². The number of benzene rings is 1. The molecule has 2 amide bonds. The lowest BCUT2D eigenvalue weighted by Gasteiger charge is -2.52. The van der Waals surface area contributed by atoms with Crippen molar-refractivity contribution in [1.82, 2.24) is 20.5 Å². The van der Waals surface area contributed by atoms with Gasteiger partial charge < -0.3 is 20.5 Å². The third kappa shape index (κ3) is 6.87. The normalized spacial score (nSPS) is 22.1. The molecular formula is C32H46N4O5S. The van der Waals surface area contributed by atoms with E-state index in [-0.39, 0.29) is 30.7 Å². The molecule has 1 aliphatic carbocycles. The molecule has 1 aromatic heterocycles. The van der Waals surface area contributed by atoms with Crippen LogP contribution < -0.4 is 10.6 Å². The van der Waals surface area contributed by atoms with Crippen molar-refractivity contribution in [1.29, 1.82) is 0 Å². The molecule has 0 spiro atoms. The summed E-state index contributed by atoms with van der Waals surface area (Å²) in [6.45, 7) is 15.2. The first kappa shape index (κ1) is 32.1. The number of alkyl carbamates (subject to hydrolysis) is 1. The van der Waals surface area contributed by atoms with Crippen LogP contribution in [0.4, 0.5) is 4.79 Å². The monoisotopic (exact) mass is 598 g/mol. The van der Waals surface area contributed by atoms with Gasteiger partial charge in [-0.05, 0) is 76.8 Å². The van der Waals surface area contributed by atoms with Crippen LogP contribution in [0.25, 0.3) is 10.4 Å². The van der Waals surface area contributed by atoms with Gasteiger partial charge in [0.1, 0.15) is 5.60 Å². The van der Waals surface area contributed by atoms with E-state index in [1.165, 1.54) is 0 Å². The Bertz CT molecular complexity index is 1290. The number of carbonyl (C=O) groups is 3. The fourth-order valence-corrected chi connectivity index (χ4v) is 6.80. The SMILES string of the molecule is Cc1ncsc1-c1ccc([C@H](C)NC(=O)[C@@H]2C[C@@H](O)CN2C2(C(=O)[C@@H](NC(=O)OC(C)(C)C)C(C)(C)C)CCC2)cc1. The topological polar surface area (TPSA) is 121 Å². The summed E-state index contributed by atoms with van der Waals surface area (Å²) in [6.07, 6.45) is 0.841. The molecule has 9 nitrogen and oxygen atoms in total. The number of amides is 2. The maximum Gasteiger partial charge on any atom is 0.408 e. The first-order valence-electron chi connectivity index (χ1n) is 14.8. The predicted molar refractivity (Wildman–Crippen MR) is 164 cm³/mol. The molecule has 2 heterocycles. The van der Waals surface area contributed by atoms with Gasteiger partial charge in [0.25, 0.3) is 0 Å². The molecular weight excluding hydrogens is 552 g/mol. The summed E-state index contributed by atoms with van der Waals surface area (Å²) >= 11 is 1.60. The lowest BCUT2D eigenvalue weighted by atomic mass is 9.66. The Morgan fingerprint density at radius 1 is 1.10 bits per heavy atom. The van der Waals surface area contributed by atoms with Gasteiger partial charge >= 0.3 is 6.09 Å². The maximum absolute atomic E-state index is 14.3. The number of ketones is 1. The Morgan fingerprint density at radius 3 is 2.24 bits per heavy atom. The number of carbonyl (C=O) groups excluding carboxylic acids is 3. The maximum atomic E-state index is 14.3. The first-order valence-corrected chi connectivity index (χ1v) is 15.7. The highest BCUT2D eigenvalue weighted by Crippen LogP contribution is 2.45. The molecule has 2 aliphatic rings. The largest absolute Gasteiger partial charge is 0.444 e. The lowest BCUT2D eigenvalue weighted by Crippen LogP contribution is -2.68. The van der Waals surface area contributed by atoms with E-state index in [4.69, 9.17) is 4.74 Å². The third-order valence-corrected chi connectivity index (χ3v) is 9.31. The first-order chi connectivity index (χ1) is 19.5. The number of nitrogens with zero attached hydrogens (tertiary/aromatic N) is 2. The molecule has 4 atom stereocenters. The minimum absolute atomic E-state index is 0.138. The predicted octanol–water partition coefficient (Wildman–Crippen LogP) is 5.16. The van der Waals surface area contributed by atoms with Gasteiger partial charge in [-0.25, -0.2) is 9.78 Å². The zero-order valence-electron chi connectivity index (χ0n) is 26.1. The second-order valence-corrected chi connectivity index (χ2v) is 14.7. The molecule has 2 aromatic rings. The van der Waals surface area contributed by atoms with Crippen LogP contribution in [-0.2, 0) is 14.3 Å². The Morgan fingerprint density at radius 2 is 1.74 bits per heavy atom. The number of rotatable bonds is 8. The van der Waals surface area contributed by atoms with E-state index in [1.54, 1.807) is 32.1 Å². The number of ether oxygens (including phenoxy) is 1. The Labute approximate surface area is 253 Å². The summed E-state index contributed by atoms with van der Waals surface area (Å²) < 4.78 is 5.48. The highest BCUT2D eigenvalue weighted by atomic mass is 32.1. The summed E-state index contributed by atoms with van der Waals surface area (Å²) in [5, 5.41) is 16.7. The van der Waals surface area contributed by atoms with Crippen molar-refractivity contribution in [3.8, 4) is 10.4 Å². The Kier molecular flexibility index (Phi) is 9.21. The molecule has 10 heteroatoms. The summed E-state index contributed by atoms with van der Waals surface area (Å²) in [5.41, 5.74) is 2.63. The molecule has 1 saturated carbocycles. The molecule has 0 radical (unpaired) electrons. The van der Waals surface area contributed by atoms with Gasteiger partial charge in [0.2, 0.25) is 5.91 Å². The highest BCUT2D eigenvalue weighted by Gasteiger charge is 2.58. The Balaban J connectivity index is 1.52. The van der Waals surface area contributed by atoms with E-state index < -0.39 is 40.8 Å². The number of aliphatic hydroxyl groups is 1. The van der Waals surface area contributed by atoms with Crippen LogP contribution in [0.5, 0.6) is 0 Å². The van der Waals surface area contributed by atoms with Gasteiger partial charge in [-0.3, -0.25) is 14.5 Å². The van der Waals surface area contributed by atoms with Gasteiger partial charge in [0.15, 0.2) is 5.78 Å². The number of aliphatic hydroxyl groups excluding tert-OH is 1. The van der Waals surface area contributed by atoms with Gasteiger partial charge in [0.05, 0.1) is 45.9 Å². The van der Waals surface area contributed by atoms with E-state index >= 15 is 0 Å². The zero-order chi connectivity index (χ0) is 31.0. The van der Waals surface area contributed by atoms with E-state index in [0.717, 1.165) is 28.1 Å². The number of aryl methyl sites for hydroxylation is 1. The zero-order valence-corrected chi connectivity index (χ0v) is 26.9. The molecule has 1 aliphatic heterocycles. The number of β-amino-alcohol motifs (C(OH)–C–C–N with tert-alkyl or cyclic N) is 1. The summed E-state index contributed by atoms with van der Waals surface area (Å²) in [4.78, 5) is 48.2. The fraction of sp³-hybridized carbons (Fsp3) is 0.625. The van der Waals surface area contributed by atoms with Gasteiger partial charge in [0, 0.05) is 6.54 Å². The highest BCUT2D eigenvalue weighted by molar-refractivity contribution is 7.13. The molecule has 2 fully saturated rings. The number of aromatic nitrogens is 1. The van der Waals surface area contributed by atoms with E-state index in [1.807, 2.05) is 69.3 Å². The second kappa shape index (κ2) is 12.1. The molecule has 42 heavy (non-hydrogen) atoms.